The van der Waals surface area contributed by atoms with Gasteiger partial charge in [0, 0.05) is 17.2 Å². The monoisotopic (exact) mass is 349 g/mol. The van der Waals surface area contributed by atoms with Gasteiger partial charge in [-0.05, 0) is 17.7 Å². The molecular formula is C18H20ClNO4. The number of ether oxygens (including phenoxy) is 3. The molecule has 1 N–H and O–H groups in total. The van der Waals surface area contributed by atoms with Crippen molar-refractivity contribution in [3.63, 3.8) is 0 Å². The van der Waals surface area contributed by atoms with Gasteiger partial charge >= 0.3 is 0 Å². The highest BCUT2D eigenvalue weighted by molar-refractivity contribution is 6.30. The van der Waals surface area contributed by atoms with Crippen molar-refractivity contribution in [3.8, 4) is 17.2 Å². The molecule has 128 valence electrons. The minimum absolute atomic E-state index is 0.114. The first-order valence-corrected chi connectivity index (χ1v) is 7.75. The Labute approximate surface area is 146 Å². The first kappa shape index (κ1) is 17.9. The van der Waals surface area contributed by atoms with Crippen LogP contribution in [0, 0.1) is 0 Å². The second kappa shape index (κ2) is 8.45. The summed E-state index contributed by atoms with van der Waals surface area (Å²) in [7, 11) is 4.69. The molecule has 0 aromatic heterocycles. The third-order valence-electron chi connectivity index (χ3n) is 3.53. The molecule has 0 bridgehead atoms. The second-order valence-electron chi connectivity index (χ2n) is 5.09. The fraction of sp³-hybridized carbons (Fsp3) is 0.278. The topological polar surface area (TPSA) is 56.8 Å². The van der Waals surface area contributed by atoms with Gasteiger partial charge in [-0.2, -0.15) is 0 Å². The standard InChI is InChI=1S/C18H20ClNO4/c1-22-14-9-16(23-2)15(17(10-14)24-3)11-20-18(21)8-12-5-4-6-13(19)7-12/h4-7,9-10H,8,11H2,1-3H3,(H,20,21). The fourth-order valence-corrected chi connectivity index (χ4v) is 2.55. The molecular weight excluding hydrogens is 330 g/mol. The van der Waals surface area contributed by atoms with Crippen molar-refractivity contribution < 1.29 is 19.0 Å². The normalized spacial score (nSPS) is 10.2. The van der Waals surface area contributed by atoms with Crippen LogP contribution in [0.25, 0.3) is 0 Å². The summed E-state index contributed by atoms with van der Waals surface area (Å²) >= 11 is 5.93. The molecule has 0 aliphatic carbocycles. The highest BCUT2D eigenvalue weighted by atomic mass is 35.5. The van der Waals surface area contributed by atoms with Crippen LogP contribution in [0.5, 0.6) is 17.2 Å². The number of methoxy groups -OCH3 is 3. The number of amides is 1. The molecule has 0 heterocycles. The SMILES string of the molecule is COc1cc(OC)c(CNC(=O)Cc2cccc(Cl)c2)c(OC)c1. The summed E-state index contributed by atoms with van der Waals surface area (Å²) in [5, 5.41) is 3.48. The summed E-state index contributed by atoms with van der Waals surface area (Å²) in [6, 6.07) is 10.7. The Hall–Kier alpha value is -2.40. The molecule has 1 amide bonds. The van der Waals surface area contributed by atoms with Gasteiger partial charge in [0.15, 0.2) is 0 Å². The number of nitrogens with one attached hydrogen (secondary N) is 1. The zero-order valence-electron chi connectivity index (χ0n) is 13.9. The fourth-order valence-electron chi connectivity index (χ4n) is 2.33. The molecule has 0 fully saturated rings. The number of hydrogen-bond acceptors (Lipinski definition) is 4. The van der Waals surface area contributed by atoms with Gasteiger partial charge in [0.05, 0.1) is 39.9 Å². The molecule has 2 aromatic rings. The van der Waals surface area contributed by atoms with E-state index in [1.54, 1.807) is 45.6 Å². The molecule has 2 rings (SSSR count). The highest BCUT2D eigenvalue weighted by Gasteiger charge is 2.14. The molecule has 0 saturated heterocycles. The number of hydrogen-bond donors (Lipinski definition) is 1. The van der Waals surface area contributed by atoms with E-state index in [1.165, 1.54) is 0 Å². The van der Waals surface area contributed by atoms with Crippen LogP contribution in [-0.4, -0.2) is 27.2 Å². The molecule has 0 aliphatic heterocycles. The predicted octanol–water partition coefficient (Wildman–Crippen LogP) is 3.22. The van der Waals surface area contributed by atoms with E-state index in [2.05, 4.69) is 5.32 Å². The Bertz CT molecular complexity index is 693. The van der Waals surface area contributed by atoms with Crippen molar-refractivity contribution in [2.45, 2.75) is 13.0 Å². The van der Waals surface area contributed by atoms with E-state index in [0.717, 1.165) is 11.1 Å². The van der Waals surface area contributed by atoms with E-state index >= 15 is 0 Å². The van der Waals surface area contributed by atoms with Gasteiger partial charge in [-0.1, -0.05) is 23.7 Å². The van der Waals surface area contributed by atoms with Gasteiger partial charge in [-0.25, -0.2) is 0 Å². The Balaban J connectivity index is 2.09. The van der Waals surface area contributed by atoms with Crippen molar-refractivity contribution in [1.82, 2.24) is 5.32 Å². The molecule has 0 saturated carbocycles. The third kappa shape index (κ3) is 4.55. The molecule has 0 atom stereocenters. The summed E-state index contributed by atoms with van der Waals surface area (Å²) in [4.78, 5) is 12.2. The van der Waals surface area contributed by atoms with Crippen LogP contribution in [0.2, 0.25) is 5.02 Å². The van der Waals surface area contributed by atoms with Crippen molar-refractivity contribution in [2.75, 3.05) is 21.3 Å². The van der Waals surface area contributed by atoms with Crippen molar-refractivity contribution in [2.24, 2.45) is 0 Å². The predicted molar refractivity (Wildman–Crippen MR) is 93.1 cm³/mol. The average Bonchev–Trinajstić information content (AvgIpc) is 2.59. The third-order valence-corrected chi connectivity index (χ3v) is 3.77. The van der Waals surface area contributed by atoms with E-state index < -0.39 is 0 Å². The quantitative estimate of drug-likeness (QED) is 0.833. The minimum atomic E-state index is -0.114. The van der Waals surface area contributed by atoms with Crippen LogP contribution in [0.3, 0.4) is 0 Å². The van der Waals surface area contributed by atoms with E-state index in [0.29, 0.717) is 22.3 Å². The first-order valence-electron chi connectivity index (χ1n) is 7.37. The number of carbonyl (C=O) groups excluding carboxylic acids is 1. The second-order valence-corrected chi connectivity index (χ2v) is 5.53. The Morgan fingerprint density at radius 3 is 2.25 bits per heavy atom. The maximum absolute atomic E-state index is 12.2. The van der Waals surface area contributed by atoms with Crippen molar-refractivity contribution >= 4 is 17.5 Å². The maximum atomic E-state index is 12.2. The molecule has 0 aliphatic rings. The molecule has 0 unspecified atom stereocenters. The molecule has 2 aromatic carbocycles. The zero-order chi connectivity index (χ0) is 17.5. The minimum Gasteiger partial charge on any atom is -0.496 e. The van der Waals surface area contributed by atoms with Gasteiger partial charge in [0.2, 0.25) is 5.91 Å². The van der Waals surface area contributed by atoms with Gasteiger partial charge in [-0.15, -0.1) is 0 Å². The van der Waals surface area contributed by atoms with E-state index in [9.17, 15) is 4.79 Å². The Kier molecular flexibility index (Phi) is 6.32. The van der Waals surface area contributed by atoms with E-state index in [1.807, 2.05) is 12.1 Å². The van der Waals surface area contributed by atoms with Crippen LogP contribution >= 0.6 is 11.6 Å². The van der Waals surface area contributed by atoms with E-state index in [4.69, 9.17) is 25.8 Å². The van der Waals surface area contributed by atoms with Gasteiger partial charge < -0.3 is 19.5 Å². The summed E-state index contributed by atoms with van der Waals surface area (Å²) in [6.45, 7) is 0.287. The van der Waals surface area contributed by atoms with Gasteiger partial charge in [0.25, 0.3) is 0 Å². The number of halogens is 1. The number of rotatable bonds is 7. The maximum Gasteiger partial charge on any atom is 0.224 e. The summed E-state index contributed by atoms with van der Waals surface area (Å²) in [6.07, 6.45) is 0.251. The average molecular weight is 350 g/mol. The molecule has 0 spiro atoms. The smallest absolute Gasteiger partial charge is 0.224 e. The van der Waals surface area contributed by atoms with Gasteiger partial charge in [-0.3, -0.25) is 4.79 Å². The lowest BCUT2D eigenvalue weighted by molar-refractivity contribution is -0.120. The Morgan fingerprint density at radius 1 is 1.04 bits per heavy atom. The lowest BCUT2D eigenvalue weighted by Gasteiger charge is -2.15. The highest BCUT2D eigenvalue weighted by Crippen LogP contribution is 2.33. The van der Waals surface area contributed by atoms with Crippen LogP contribution in [0.1, 0.15) is 11.1 Å². The largest absolute Gasteiger partial charge is 0.496 e. The molecule has 6 heteroatoms. The summed E-state index contributed by atoms with van der Waals surface area (Å²) < 4.78 is 15.9. The van der Waals surface area contributed by atoms with Crippen molar-refractivity contribution in [1.29, 1.82) is 0 Å². The molecule has 0 radical (unpaired) electrons. The zero-order valence-corrected chi connectivity index (χ0v) is 14.6. The van der Waals surface area contributed by atoms with Crippen molar-refractivity contribution in [3.05, 3.63) is 52.5 Å². The van der Waals surface area contributed by atoms with Crippen LogP contribution in [0.15, 0.2) is 36.4 Å². The van der Waals surface area contributed by atoms with Crippen LogP contribution in [0.4, 0.5) is 0 Å². The first-order chi connectivity index (χ1) is 11.6. The number of carbonyl (C=O) groups is 1. The van der Waals surface area contributed by atoms with Gasteiger partial charge in [0.1, 0.15) is 17.2 Å². The van der Waals surface area contributed by atoms with Crippen LogP contribution in [-0.2, 0) is 17.8 Å². The Morgan fingerprint density at radius 2 is 1.71 bits per heavy atom. The van der Waals surface area contributed by atoms with E-state index in [-0.39, 0.29) is 18.9 Å². The molecule has 24 heavy (non-hydrogen) atoms. The number of benzene rings is 2. The molecule has 5 nitrogen and oxygen atoms in total. The summed E-state index contributed by atoms with van der Waals surface area (Å²) in [5.41, 5.74) is 1.61. The lowest BCUT2D eigenvalue weighted by Crippen LogP contribution is -2.25. The lowest BCUT2D eigenvalue weighted by atomic mass is 10.1. The van der Waals surface area contributed by atoms with Crippen LogP contribution < -0.4 is 19.5 Å². The summed E-state index contributed by atoms with van der Waals surface area (Å²) in [5.74, 6) is 1.69.